The molecule has 0 radical (unpaired) electrons. The highest BCUT2D eigenvalue weighted by atomic mass is 32.2. The lowest BCUT2D eigenvalue weighted by molar-refractivity contribution is 0.236. The molecule has 0 aromatic carbocycles. The molecule has 1 aliphatic carbocycles. The molecule has 1 rings (SSSR count). The number of sulfone groups is 1. The molecule has 0 unspecified atom stereocenters. The predicted octanol–water partition coefficient (Wildman–Crippen LogP) is 2.61. The summed E-state index contributed by atoms with van der Waals surface area (Å²) in [5, 5.41) is 3.45. The highest BCUT2D eigenvalue weighted by Crippen LogP contribution is 2.30. The van der Waals surface area contributed by atoms with Crippen LogP contribution >= 0.6 is 0 Å². The van der Waals surface area contributed by atoms with Gasteiger partial charge in [-0.15, -0.1) is 0 Å². The first-order valence-electron chi connectivity index (χ1n) is 7.06. The third kappa shape index (κ3) is 4.23. The Labute approximate surface area is 113 Å². The topological polar surface area (TPSA) is 46.2 Å². The zero-order chi connectivity index (χ0) is 14.0. The second kappa shape index (κ2) is 5.91. The molecule has 0 bridgehead atoms. The van der Waals surface area contributed by atoms with E-state index in [0.717, 1.165) is 11.8 Å². The second-order valence-electron chi connectivity index (χ2n) is 6.77. The molecule has 18 heavy (non-hydrogen) atoms. The Kier molecular flexibility index (Phi) is 5.24. The molecule has 0 heterocycles. The van der Waals surface area contributed by atoms with Crippen molar-refractivity contribution in [3.8, 4) is 0 Å². The molecule has 0 spiro atoms. The summed E-state index contributed by atoms with van der Waals surface area (Å²) in [5.41, 5.74) is 0. The molecule has 1 saturated carbocycles. The third-order valence-corrected chi connectivity index (χ3v) is 6.69. The Morgan fingerprint density at radius 2 is 1.67 bits per heavy atom. The maximum Gasteiger partial charge on any atom is 0.153 e. The van der Waals surface area contributed by atoms with Crippen molar-refractivity contribution in [3.63, 3.8) is 0 Å². The number of hydrogen-bond acceptors (Lipinski definition) is 3. The summed E-state index contributed by atoms with van der Waals surface area (Å²) in [7, 11) is -2.99. The van der Waals surface area contributed by atoms with E-state index in [0.29, 0.717) is 12.6 Å². The minimum absolute atomic E-state index is 0.501. The molecular formula is C14H29NO2S. The Balaban J connectivity index is 2.39. The summed E-state index contributed by atoms with van der Waals surface area (Å²) in [6.45, 7) is 8.75. The van der Waals surface area contributed by atoms with Crippen LogP contribution in [0.1, 0.15) is 53.4 Å². The highest BCUT2D eigenvalue weighted by Gasteiger charge is 2.31. The third-order valence-electron chi connectivity index (χ3n) is 4.53. The van der Waals surface area contributed by atoms with Crippen LogP contribution in [0.25, 0.3) is 0 Å². The highest BCUT2D eigenvalue weighted by molar-refractivity contribution is 7.92. The van der Waals surface area contributed by atoms with Crippen molar-refractivity contribution < 1.29 is 8.42 Å². The van der Waals surface area contributed by atoms with Crippen molar-refractivity contribution in [2.45, 2.75) is 64.2 Å². The van der Waals surface area contributed by atoms with Gasteiger partial charge >= 0.3 is 0 Å². The minimum atomic E-state index is -2.99. The van der Waals surface area contributed by atoms with Gasteiger partial charge in [0.2, 0.25) is 0 Å². The maximum atomic E-state index is 11.6. The van der Waals surface area contributed by atoms with E-state index in [1.54, 1.807) is 13.8 Å². The molecule has 1 fully saturated rings. The van der Waals surface area contributed by atoms with Crippen molar-refractivity contribution in [2.24, 2.45) is 11.8 Å². The standard InChI is InChI=1S/C14H29NO2S/c1-11(2)12-6-8-13(9-7-12)15-10-14(3,4)18(5,16)17/h11-13,15H,6-10H2,1-5H3. The molecule has 1 aliphatic rings. The summed E-state index contributed by atoms with van der Waals surface area (Å²) < 4.78 is 22.6. The SMILES string of the molecule is CC(C)C1CCC(NCC(C)(C)S(C)(=O)=O)CC1. The van der Waals surface area contributed by atoms with E-state index in [9.17, 15) is 8.42 Å². The summed E-state index contributed by atoms with van der Waals surface area (Å²) in [6, 6.07) is 0.501. The van der Waals surface area contributed by atoms with Crippen LogP contribution in [0.5, 0.6) is 0 Å². The minimum Gasteiger partial charge on any atom is -0.312 e. The van der Waals surface area contributed by atoms with Crippen molar-refractivity contribution in [2.75, 3.05) is 12.8 Å². The van der Waals surface area contributed by atoms with Crippen LogP contribution in [-0.2, 0) is 9.84 Å². The van der Waals surface area contributed by atoms with Crippen LogP contribution in [0.3, 0.4) is 0 Å². The zero-order valence-electron chi connectivity index (χ0n) is 12.5. The predicted molar refractivity (Wildman–Crippen MR) is 77.5 cm³/mol. The molecular weight excluding hydrogens is 246 g/mol. The summed E-state index contributed by atoms with van der Waals surface area (Å²) in [5.74, 6) is 1.63. The van der Waals surface area contributed by atoms with Gasteiger partial charge in [-0.25, -0.2) is 8.42 Å². The van der Waals surface area contributed by atoms with Gasteiger partial charge in [-0.05, 0) is 51.4 Å². The Morgan fingerprint density at radius 1 is 1.17 bits per heavy atom. The molecule has 4 heteroatoms. The normalized spacial score (nSPS) is 26.6. The van der Waals surface area contributed by atoms with E-state index in [1.807, 2.05) is 0 Å². The van der Waals surface area contributed by atoms with E-state index in [2.05, 4.69) is 19.2 Å². The van der Waals surface area contributed by atoms with E-state index in [4.69, 9.17) is 0 Å². The largest absolute Gasteiger partial charge is 0.312 e. The van der Waals surface area contributed by atoms with E-state index >= 15 is 0 Å². The van der Waals surface area contributed by atoms with Crippen molar-refractivity contribution in [1.82, 2.24) is 5.32 Å². The Bertz CT molecular complexity index is 352. The first-order valence-corrected chi connectivity index (χ1v) is 8.95. The van der Waals surface area contributed by atoms with E-state index in [-0.39, 0.29) is 0 Å². The molecule has 0 atom stereocenters. The average molecular weight is 275 g/mol. The van der Waals surface area contributed by atoms with Gasteiger partial charge in [0.1, 0.15) is 0 Å². The molecule has 1 N–H and O–H groups in total. The van der Waals surface area contributed by atoms with Gasteiger partial charge in [-0.2, -0.15) is 0 Å². The van der Waals surface area contributed by atoms with E-state index in [1.165, 1.54) is 31.9 Å². The summed E-state index contributed by atoms with van der Waals surface area (Å²) in [4.78, 5) is 0. The average Bonchev–Trinajstić information content (AvgIpc) is 2.25. The lowest BCUT2D eigenvalue weighted by Gasteiger charge is -2.33. The quantitative estimate of drug-likeness (QED) is 0.839. The summed E-state index contributed by atoms with van der Waals surface area (Å²) >= 11 is 0. The van der Waals surface area contributed by atoms with Gasteiger partial charge in [0.05, 0.1) is 4.75 Å². The number of nitrogens with one attached hydrogen (secondary N) is 1. The van der Waals surface area contributed by atoms with Gasteiger partial charge in [0.15, 0.2) is 9.84 Å². The lowest BCUT2D eigenvalue weighted by atomic mass is 9.79. The fourth-order valence-electron chi connectivity index (χ4n) is 2.51. The first-order chi connectivity index (χ1) is 8.13. The fraction of sp³-hybridized carbons (Fsp3) is 1.00. The van der Waals surface area contributed by atoms with Crippen molar-refractivity contribution in [3.05, 3.63) is 0 Å². The molecule has 0 amide bonds. The molecule has 0 saturated heterocycles. The Hall–Kier alpha value is -0.0900. The van der Waals surface area contributed by atoms with Crippen LogP contribution in [0.2, 0.25) is 0 Å². The fourth-order valence-corrected chi connectivity index (χ4v) is 2.86. The summed E-state index contributed by atoms with van der Waals surface area (Å²) in [6.07, 6.45) is 6.24. The van der Waals surface area contributed by atoms with Gasteiger partial charge in [-0.1, -0.05) is 13.8 Å². The second-order valence-corrected chi connectivity index (χ2v) is 9.42. The molecule has 0 aromatic rings. The zero-order valence-corrected chi connectivity index (χ0v) is 13.3. The smallest absolute Gasteiger partial charge is 0.153 e. The number of rotatable bonds is 5. The Morgan fingerprint density at radius 3 is 2.06 bits per heavy atom. The van der Waals surface area contributed by atoms with Crippen molar-refractivity contribution >= 4 is 9.84 Å². The van der Waals surface area contributed by atoms with Crippen LogP contribution in [0.15, 0.2) is 0 Å². The molecule has 0 aromatic heterocycles. The van der Waals surface area contributed by atoms with Crippen molar-refractivity contribution in [1.29, 1.82) is 0 Å². The first kappa shape index (κ1) is 16.0. The molecule has 0 aliphatic heterocycles. The monoisotopic (exact) mass is 275 g/mol. The van der Waals surface area contributed by atoms with Crippen LogP contribution in [0, 0.1) is 11.8 Å². The maximum absolute atomic E-state index is 11.6. The van der Waals surface area contributed by atoms with Crippen LogP contribution < -0.4 is 5.32 Å². The lowest BCUT2D eigenvalue weighted by Crippen LogP contribution is -2.46. The molecule has 3 nitrogen and oxygen atoms in total. The van der Waals surface area contributed by atoms with Gasteiger partial charge in [0, 0.05) is 18.8 Å². The van der Waals surface area contributed by atoms with Gasteiger partial charge < -0.3 is 5.32 Å². The number of hydrogen-bond donors (Lipinski definition) is 1. The van der Waals surface area contributed by atoms with Crippen LogP contribution in [-0.4, -0.2) is 32.0 Å². The van der Waals surface area contributed by atoms with Gasteiger partial charge in [0.25, 0.3) is 0 Å². The molecule has 108 valence electrons. The van der Waals surface area contributed by atoms with E-state index < -0.39 is 14.6 Å². The van der Waals surface area contributed by atoms with Gasteiger partial charge in [-0.3, -0.25) is 0 Å². The van der Waals surface area contributed by atoms with Crippen LogP contribution in [0.4, 0.5) is 0 Å².